The largest absolute Gasteiger partial charge is 0.484 e. The number of nitrogens with one attached hydrogen (secondary N) is 2. The molecule has 0 atom stereocenters. The van der Waals surface area contributed by atoms with E-state index in [1.807, 2.05) is 30.3 Å². The molecule has 216 valence electrons. The van der Waals surface area contributed by atoms with Gasteiger partial charge in [0, 0.05) is 6.54 Å². The van der Waals surface area contributed by atoms with E-state index in [1.54, 1.807) is 42.5 Å². The van der Waals surface area contributed by atoms with Gasteiger partial charge in [-0.05, 0) is 78.2 Å². The van der Waals surface area contributed by atoms with Gasteiger partial charge in [0.2, 0.25) is 0 Å². The molecule has 4 rings (SSSR count). The van der Waals surface area contributed by atoms with Crippen LogP contribution in [0.5, 0.6) is 5.75 Å². The van der Waals surface area contributed by atoms with Crippen molar-refractivity contribution in [3.05, 3.63) is 126 Å². The molecule has 0 saturated carbocycles. The number of hydrogen-bond donors (Lipinski definition) is 2. The molecule has 9 nitrogen and oxygen atoms in total. The number of halogens is 1. The van der Waals surface area contributed by atoms with Crippen LogP contribution in [-0.2, 0) is 26.0 Å². The fourth-order valence-corrected chi connectivity index (χ4v) is 5.27. The van der Waals surface area contributed by atoms with Gasteiger partial charge in [0.15, 0.2) is 6.61 Å². The molecule has 0 aliphatic heterocycles. The Morgan fingerprint density at radius 3 is 2.14 bits per heavy atom. The zero-order valence-electron chi connectivity index (χ0n) is 22.5. The van der Waals surface area contributed by atoms with E-state index in [4.69, 9.17) is 4.74 Å². The lowest BCUT2D eigenvalue weighted by atomic mass is 10.1. The van der Waals surface area contributed by atoms with Crippen LogP contribution in [0.1, 0.15) is 11.1 Å². The predicted molar refractivity (Wildman–Crippen MR) is 158 cm³/mol. The van der Waals surface area contributed by atoms with Gasteiger partial charge in [0.05, 0.1) is 16.8 Å². The third-order valence-electron chi connectivity index (χ3n) is 5.96. The van der Waals surface area contributed by atoms with Crippen LogP contribution in [0.3, 0.4) is 0 Å². The Kier molecular flexibility index (Phi) is 10.4. The number of rotatable bonds is 13. The minimum atomic E-state index is -4.12. The first-order valence-corrected chi connectivity index (χ1v) is 14.4. The zero-order valence-corrected chi connectivity index (χ0v) is 23.3. The van der Waals surface area contributed by atoms with Crippen molar-refractivity contribution in [2.24, 2.45) is 5.10 Å². The number of benzene rings is 4. The molecule has 42 heavy (non-hydrogen) atoms. The number of nitrogens with zero attached hydrogens (tertiary/aromatic N) is 2. The first-order valence-electron chi connectivity index (χ1n) is 13.0. The van der Waals surface area contributed by atoms with Crippen LogP contribution < -0.4 is 19.8 Å². The molecule has 0 radical (unpaired) electrons. The number of sulfonamides is 1. The summed E-state index contributed by atoms with van der Waals surface area (Å²) >= 11 is 0. The Hall–Kier alpha value is -5.03. The van der Waals surface area contributed by atoms with E-state index in [2.05, 4.69) is 15.8 Å². The maximum atomic E-state index is 13.5. The lowest BCUT2D eigenvalue weighted by molar-refractivity contribution is -0.123. The minimum Gasteiger partial charge on any atom is -0.484 e. The molecule has 0 aromatic heterocycles. The average molecular weight is 589 g/mol. The lowest BCUT2D eigenvalue weighted by Crippen LogP contribution is -2.39. The number of anilines is 1. The Morgan fingerprint density at radius 2 is 1.48 bits per heavy atom. The summed E-state index contributed by atoms with van der Waals surface area (Å²) in [5.41, 5.74) is 4.20. The van der Waals surface area contributed by atoms with E-state index in [-0.39, 0.29) is 23.1 Å². The Labute approximate surface area is 243 Å². The molecule has 11 heteroatoms. The molecule has 0 saturated heterocycles. The Morgan fingerprint density at radius 1 is 0.833 bits per heavy atom. The van der Waals surface area contributed by atoms with Crippen LogP contribution in [0.15, 0.2) is 119 Å². The molecule has 4 aromatic rings. The third kappa shape index (κ3) is 8.73. The number of carbonyl (C=O) groups is 2. The Bertz CT molecular complexity index is 1600. The fraction of sp³-hybridized carbons (Fsp3) is 0.129. The normalized spacial score (nSPS) is 11.2. The number of hydrazone groups is 1. The van der Waals surface area contributed by atoms with Crippen molar-refractivity contribution in [2.45, 2.75) is 11.3 Å². The fourth-order valence-electron chi connectivity index (χ4n) is 3.83. The monoisotopic (exact) mass is 588 g/mol. The molecule has 0 bridgehead atoms. The van der Waals surface area contributed by atoms with Gasteiger partial charge in [0.25, 0.3) is 21.8 Å². The van der Waals surface area contributed by atoms with Crippen molar-refractivity contribution in [3.63, 3.8) is 0 Å². The van der Waals surface area contributed by atoms with Gasteiger partial charge in [0.1, 0.15) is 18.1 Å². The van der Waals surface area contributed by atoms with Gasteiger partial charge in [-0.15, -0.1) is 0 Å². The van der Waals surface area contributed by atoms with Crippen LogP contribution in [0.25, 0.3) is 0 Å². The molecule has 2 amide bonds. The topological polar surface area (TPSA) is 117 Å². The highest BCUT2D eigenvalue weighted by molar-refractivity contribution is 7.92. The highest BCUT2D eigenvalue weighted by Crippen LogP contribution is 2.23. The zero-order chi connectivity index (χ0) is 29.8. The molecule has 0 unspecified atom stereocenters. The smallest absolute Gasteiger partial charge is 0.264 e. The van der Waals surface area contributed by atoms with Crippen molar-refractivity contribution >= 4 is 33.7 Å². The highest BCUT2D eigenvalue weighted by Gasteiger charge is 2.27. The van der Waals surface area contributed by atoms with E-state index < -0.39 is 28.3 Å². The van der Waals surface area contributed by atoms with Gasteiger partial charge in [-0.3, -0.25) is 13.9 Å². The quantitative estimate of drug-likeness (QED) is 0.182. The molecule has 2 N–H and O–H groups in total. The van der Waals surface area contributed by atoms with Gasteiger partial charge in [-0.2, -0.15) is 5.10 Å². The lowest BCUT2D eigenvalue weighted by Gasteiger charge is -2.23. The summed E-state index contributed by atoms with van der Waals surface area (Å²) in [5.74, 6) is -0.990. The summed E-state index contributed by atoms with van der Waals surface area (Å²) in [6.45, 7) is -0.206. The summed E-state index contributed by atoms with van der Waals surface area (Å²) in [6, 6.07) is 28.9. The summed E-state index contributed by atoms with van der Waals surface area (Å²) in [6.07, 6.45) is 2.11. The van der Waals surface area contributed by atoms with Crippen LogP contribution in [0, 0.1) is 5.82 Å². The summed E-state index contributed by atoms with van der Waals surface area (Å²) in [4.78, 5) is 24.7. The highest BCUT2D eigenvalue weighted by atomic mass is 32.2. The van der Waals surface area contributed by atoms with Crippen LogP contribution in [0.4, 0.5) is 10.1 Å². The second-order valence-corrected chi connectivity index (χ2v) is 10.9. The first kappa shape index (κ1) is 29.9. The number of hydrogen-bond acceptors (Lipinski definition) is 6. The van der Waals surface area contributed by atoms with E-state index >= 15 is 0 Å². The van der Waals surface area contributed by atoms with Crippen LogP contribution >= 0.6 is 0 Å². The van der Waals surface area contributed by atoms with Crippen molar-refractivity contribution < 1.29 is 27.1 Å². The predicted octanol–water partition coefficient (Wildman–Crippen LogP) is 3.91. The van der Waals surface area contributed by atoms with Crippen molar-refractivity contribution in [1.82, 2.24) is 10.7 Å². The summed E-state index contributed by atoms with van der Waals surface area (Å²) in [5, 5.41) is 6.72. The Balaban J connectivity index is 1.28. The number of ether oxygens (including phenoxy) is 1. The summed E-state index contributed by atoms with van der Waals surface area (Å²) in [7, 11) is -4.12. The third-order valence-corrected chi connectivity index (χ3v) is 7.75. The van der Waals surface area contributed by atoms with Gasteiger partial charge < -0.3 is 10.1 Å². The molecule has 0 spiro atoms. The second-order valence-electron chi connectivity index (χ2n) is 9.04. The van der Waals surface area contributed by atoms with Gasteiger partial charge in [-0.1, -0.05) is 48.5 Å². The SMILES string of the molecule is O=C(COc1ccc(/C=N/NC(=O)CN(c2ccc(F)cc2)S(=O)(=O)c2ccccc2)cc1)NCCc1ccccc1. The summed E-state index contributed by atoms with van der Waals surface area (Å²) < 4.78 is 46.4. The molecule has 0 aliphatic rings. The molecule has 0 fully saturated rings. The molecule has 0 heterocycles. The van der Waals surface area contributed by atoms with Crippen LogP contribution in [0.2, 0.25) is 0 Å². The van der Waals surface area contributed by atoms with E-state index in [9.17, 15) is 22.4 Å². The van der Waals surface area contributed by atoms with Gasteiger partial charge in [-0.25, -0.2) is 18.2 Å². The van der Waals surface area contributed by atoms with Gasteiger partial charge >= 0.3 is 0 Å². The van der Waals surface area contributed by atoms with E-state index in [0.29, 0.717) is 17.9 Å². The maximum Gasteiger partial charge on any atom is 0.264 e. The maximum absolute atomic E-state index is 13.5. The standard InChI is InChI=1S/C31H29FN4O5S/c32-26-13-15-27(16-14-26)36(42(39,40)29-9-5-2-6-10-29)22-30(37)35-34-21-25-11-17-28(18-12-25)41-23-31(38)33-20-19-24-7-3-1-4-8-24/h1-18,21H,19-20,22-23H2,(H,33,38)(H,35,37)/b34-21+. The molecule has 0 aliphatic carbocycles. The number of amides is 2. The van der Waals surface area contributed by atoms with Crippen molar-refractivity contribution in [3.8, 4) is 5.75 Å². The van der Waals surface area contributed by atoms with Crippen molar-refractivity contribution in [2.75, 3.05) is 24.0 Å². The van der Waals surface area contributed by atoms with Crippen LogP contribution in [-0.4, -0.2) is 46.1 Å². The number of carbonyl (C=O) groups excluding carboxylic acids is 2. The molecule has 4 aromatic carbocycles. The minimum absolute atomic E-state index is 0.0161. The molecular formula is C31H29FN4O5S. The average Bonchev–Trinajstić information content (AvgIpc) is 3.01. The first-order chi connectivity index (χ1) is 20.3. The molecular weight excluding hydrogens is 559 g/mol. The second kappa shape index (κ2) is 14.6. The van der Waals surface area contributed by atoms with E-state index in [0.717, 1.165) is 28.4 Å². The van der Waals surface area contributed by atoms with Crippen molar-refractivity contribution in [1.29, 1.82) is 0 Å². The van der Waals surface area contributed by atoms with E-state index in [1.165, 1.54) is 30.5 Å².